The van der Waals surface area contributed by atoms with E-state index in [9.17, 15) is 0 Å². The minimum atomic E-state index is -0.822. The van der Waals surface area contributed by atoms with Crippen LogP contribution in [0.3, 0.4) is 0 Å². The van der Waals surface area contributed by atoms with E-state index in [-0.39, 0.29) is 30.1 Å². The van der Waals surface area contributed by atoms with Crippen LogP contribution in [0.2, 0.25) is 0 Å². The molecule has 0 aliphatic heterocycles. The molecule has 0 spiro atoms. The van der Waals surface area contributed by atoms with Crippen molar-refractivity contribution in [3.63, 3.8) is 0 Å². The van der Waals surface area contributed by atoms with Gasteiger partial charge in [-0.05, 0) is 0 Å². The van der Waals surface area contributed by atoms with E-state index in [2.05, 4.69) is 76.2 Å². The van der Waals surface area contributed by atoms with E-state index in [4.69, 9.17) is 0 Å². The van der Waals surface area contributed by atoms with Crippen molar-refractivity contribution >= 4 is 30.1 Å². The molecule has 0 radical (unpaired) electrons. The summed E-state index contributed by atoms with van der Waals surface area (Å²) < 4.78 is 1.89. The van der Waals surface area contributed by atoms with Crippen molar-refractivity contribution in [1.29, 1.82) is 0 Å². The minimum absolute atomic E-state index is 0. The summed E-state index contributed by atoms with van der Waals surface area (Å²) >= 11 is -0.822. The smallest absolute Gasteiger partial charge is 0.147 e. The maximum Gasteiger partial charge on any atom is -0.147 e. The SMILES string of the molecule is CC1=C(C)C(C)(C)[C]([Hf][P](C(C)(C)C)C(C)(C)C)=C1C.Cl.Cl. The van der Waals surface area contributed by atoms with Gasteiger partial charge < -0.3 is 0 Å². The van der Waals surface area contributed by atoms with Gasteiger partial charge in [0.1, 0.15) is 0 Å². The Balaban J connectivity index is 0. The fourth-order valence-electron chi connectivity index (χ4n) is 3.27. The molecule has 0 N–H and O–H groups in total. The molecule has 0 saturated carbocycles. The molecular formula is C18H35Cl2HfP. The number of hydrogen-bond acceptors (Lipinski definition) is 0. The second kappa shape index (κ2) is 8.16. The normalized spacial score (nSPS) is 18.4. The van der Waals surface area contributed by atoms with Gasteiger partial charge >= 0.3 is 140 Å². The molecule has 22 heavy (non-hydrogen) atoms. The summed E-state index contributed by atoms with van der Waals surface area (Å²) in [6.45, 7) is 26.8. The predicted octanol–water partition coefficient (Wildman–Crippen LogP) is 7.56. The zero-order chi connectivity index (χ0) is 16.1. The van der Waals surface area contributed by atoms with Gasteiger partial charge in [-0.1, -0.05) is 0 Å². The average molecular weight is 532 g/mol. The fraction of sp³-hybridized carbons (Fsp3) is 0.778. The van der Waals surface area contributed by atoms with Crippen LogP contribution in [0.4, 0.5) is 0 Å². The van der Waals surface area contributed by atoms with Crippen LogP contribution in [0.1, 0.15) is 76.2 Å². The zero-order valence-electron chi connectivity index (χ0n) is 16.3. The molecule has 4 heteroatoms. The summed E-state index contributed by atoms with van der Waals surface area (Å²) in [5.74, 6) is 0. The molecule has 1 rings (SSSR count). The molecule has 0 heterocycles. The summed E-state index contributed by atoms with van der Waals surface area (Å²) in [6.07, 6.45) is 0. The van der Waals surface area contributed by atoms with Crippen molar-refractivity contribution in [2.75, 3.05) is 0 Å². The molecular weight excluding hydrogens is 497 g/mol. The first-order valence-electron chi connectivity index (χ1n) is 7.67. The van der Waals surface area contributed by atoms with Crippen LogP contribution in [0.25, 0.3) is 0 Å². The molecule has 0 unspecified atom stereocenters. The minimum Gasteiger partial charge on any atom is -0.147 e. The van der Waals surface area contributed by atoms with Gasteiger partial charge in [0.15, 0.2) is 0 Å². The third kappa shape index (κ3) is 5.18. The van der Waals surface area contributed by atoms with Gasteiger partial charge in [0.2, 0.25) is 0 Å². The summed E-state index contributed by atoms with van der Waals surface area (Å²) in [5.41, 5.74) is 5.19. The van der Waals surface area contributed by atoms with Gasteiger partial charge in [-0.25, -0.2) is 0 Å². The Bertz CT molecular complexity index is 448. The maximum atomic E-state index is 2.47. The Morgan fingerprint density at radius 3 is 1.36 bits per heavy atom. The summed E-state index contributed by atoms with van der Waals surface area (Å²) in [7, 11) is 0. The van der Waals surface area contributed by atoms with Crippen molar-refractivity contribution in [1.82, 2.24) is 0 Å². The summed E-state index contributed by atoms with van der Waals surface area (Å²) in [4.78, 5) is 0. The van der Waals surface area contributed by atoms with Crippen LogP contribution < -0.4 is 0 Å². The zero-order valence-corrected chi connectivity index (χ0v) is 22.4. The summed E-state index contributed by atoms with van der Waals surface area (Å²) in [6, 6.07) is 0. The Morgan fingerprint density at radius 1 is 0.773 bits per heavy atom. The van der Waals surface area contributed by atoms with Gasteiger partial charge in [0.25, 0.3) is 0 Å². The van der Waals surface area contributed by atoms with E-state index in [1.165, 1.54) is 0 Å². The molecule has 0 fully saturated rings. The standard InChI is InChI=1S/C10H15.C8H18P.2ClH.Hf/c1-7-6-10(4,5)9(3)8(7)2;1-7(2,3)9-8(4,5)6;;;/h1-5H3;1-6H3;2*1H;/q;-1;;;+1. The Labute approximate surface area is 163 Å². The van der Waals surface area contributed by atoms with Gasteiger partial charge in [-0.2, -0.15) is 0 Å². The third-order valence-corrected chi connectivity index (χ3v) is 30.6. The Hall–Kier alpha value is 1.36. The number of halogens is 2. The van der Waals surface area contributed by atoms with E-state index in [0.29, 0.717) is 15.7 Å². The number of allylic oxidation sites excluding steroid dienone is 4. The van der Waals surface area contributed by atoms with Crippen LogP contribution in [-0.4, -0.2) is 10.3 Å². The first-order valence-corrected chi connectivity index (χ1v) is 15.6. The van der Waals surface area contributed by atoms with Crippen molar-refractivity contribution in [3.8, 4) is 0 Å². The monoisotopic (exact) mass is 532 g/mol. The van der Waals surface area contributed by atoms with Crippen LogP contribution in [0.5, 0.6) is 0 Å². The van der Waals surface area contributed by atoms with E-state index < -0.39 is 22.3 Å². The van der Waals surface area contributed by atoms with E-state index >= 15 is 0 Å². The molecule has 1 aliphatic carbocycles. The van der Waals surface area contributed by atoms with Gasteiger partial charge in [-0.15, -0.1) is 24.8 Å². The third-order valence-electron chi connectivity index (χ3n) is 4.63. The molecule has 1 aliphatic rings. The molecule has 130 valence electrons. The quantitative estimate of drug-likeness (QED) is 0.255. The Morgan fingerprint density at radius 2 is 1.14 bits per heavy atom. The van der Waals surface area contributed by atoms with Crippen molar-refractivity contribution < 1.29 is 22.3 Å². The molecule has 0 aromatic rings. The summed E-state index contributed by atoms with van der Waals surface area (Å²) in [5, 5.41) is 1.11. The molecule has 0 saturated heterocycles. The number of rotatable bonds is 2. The van der Waals surface area contributed by atoms with Crippen molar-refractivity contribution in [3.05, 3.63) is 20.0 Å². The Kier molecular flexibility index (Phi) is 9.49. The van der Waals surface area contributed by atoms with Crippen LogP contribution >= 0.6 is 30.1 Å². The van der Waals surface area contributed by atoms with Crippen LogP contribution in [0, 0.1) is 5.41 Å². The molecule has 0 bridgehead atoms. The second-order valence-corrected chi connectivity index (χ2v) is 21.3. The first kappa shape index (κ1) is 25.6. The molecule has 0 aromatic heterocycles. The van der Waals surface area contributed by atoms with Crippen LogP contribution in [0.15, 0.2) is 20.0 Å². The predicted molar refractivity (Wildman–Crippen MR) is 106 cm³/mol. The van der Waals surface area contributed by atoms with Gasteiger partial charge in [0, 0.05) is 0 Å². The largest absolute Gasteiger partial charge is 0.147 e. The van der Waals surface area contributed by atoms with E-state index in [1.807, 2.05) is 3.33 Å². The van der Waals surface area contributed by atoms with Crippen molar-refractivity contribution in [2.24, 2.45) is 5.41 Å². The fourth-order valence-corrected chi connectivity index (χ4v) is 22.4. The van der Waals surface area contributed by atoms with Crippen molar-refractivity contribution in [2.45, 2.75) is 86.5 Å². The molecule has 0 atom stereocenters. The average Bonchev–Trinajstić information content (AvgIpc) is 2.35. The van der Waals surface area contributed by atoms with E-state index in [1.54, 1.807) is 16.7 Å². The first-order chi connectivity index (χ1) is 8.70. The van der Waals surface area contributed by atoms with Gasteiger partial charge in [0.05, 0.1) is 0 Å². The molecule has 0 amide bonds. The molecule has 0 aromatic carbocycles. The van der Waals surface area contributed by atoms with Crippen LogP contribution in [-0.2, 0) is 22.3 Å². The number of hydrogen-bond donors (Lipinski definition) is 0. The topological polar surface area (TPSA) is 0 Å². The molecule has 0 nitrogen and oxygen atoms in total. The second-order valence-electron chi connectivity index (χ2n) is 8.66. The maximum absolute atomic E-state index is 2.47. The van der Waals surface area contributed by atoms with Gasteiger partial charge in [-0.3, -0.25) is 0 Å². The van der Waals surface area contributed by atoms with E-state index in [0.717, 1.165) is 0 Å².